The normalized spacial score (nSPS) is 10.8. The molecule has 0 amide bonds. The second kappa shape index (κ2) is 5.65. The van der Waals surface area contributed by atoms with Crippen molar-refractivity contribution in [3.63, 3.8) is 0 Å². The first kappa shape index (κ1) is 14.3. The Morgan fingerprint density at radius 1 is 1.36 bits per heavy atom. The summed E-state index contributed by atoms with van der Waals surface area (Å²) in [6.07, 6.45) is 2.98. The van der Waals surface area contributed by atoms with Crippen LogP contribution in [0.5, 0.6) is 0 Å². The zero-order valence-corrected chi connectivity index (χ0v) is 12.5. The summed E-state index contributed by atoms with van der Waals surface area (Å²) in [5, 5.41) is 0.926. The molecule has 0 aliphatic carbocycles. The van der Waals surface area contributed by atoms with E-state index in [0.29, 0.717) is 18.0 Å². The van der Waals surface area contributed by atoms with E-state index in [1.54, 1.807) is 17.7 Å². The Kier molecular flexibility index (Phi) is 3.68. The van der Waals surface area contributed by atoms with E-state index in [1.807, 2.05) is 24.3 Å². The summed E-state index contributed by atoms with van der Waals surface area (Å²) in [5.74, 6) is 0.0305. The molecule has 2 heterocycles. The predicted octanol–water partition coefficient (Wildman–Crippen LogP) is 2.83. The van der Waals surface area contributed by atoms with E-state index in [-0.39, 0.29) is 10.8 Å². The number of nitrogens with two attached hydrogens (primary N) is 1. The maximum atomic E-state index is 12.1. The maximum Gasteiger partial charge on any atom is 0.340 e. The first-order valence-electron chi connectivity index (χ1n) is 6.67. The molecule has 3 aromatic rings. The van der Waals surface area contributed by atoms with E-state index in [0.717, 1.165) is 10.9 Å². The zero-order valence-electron chi connectivity index (χ0n) is 11.8. The van der Waals surface area contributed by atoms with Gasteiger partial charge in [0.1, 0.15) is 12.0 Å². The lowest BCUT2D eigenvalue weighted by molar-refractivity contribution is 0.0528. The average Bonchev–Trinajstić information content (AvgIpc) is 2.90. The fraction of sp³-hybridized carbons (Fsp3) is 0.133. The highest BCUT2D eigenvalue weighted by atomic mass is 35.5. The van der Waals surface area contributed by atoms with Gasteiger partial charge in [0.15, 0.2) is 11.0 Å². The molecule has 0 unspecified atom stereocenters. The SMILES string of the molecule is CCOC(=O)c1cn(-c2ncnc(Cl)c2N)c2ccccc12. The highest BCUT2D eigenvalue weighted by Crippen LogP contribution is 2.28. The van der Waals surface area contributed by atoms with Crippen LogP contribution in [0.3, 0.4) is 0 Å². The van der Waals surface area contributed by atoms with Crippen molar-refractivity contribution in [1.82, 2.24) is 14.5 Å². The lowest BCUT2D eigenvalue weighted by Gasteiger charge is -2.07. The van der Waals surface area contributed by atoms with Gasteiger partial charge in [0.2, 0.25) is 0 Å². The summed E-state index contributed by atoms with van der Waals surface area (Å²) >= 11 is 5.95. The van der Waals surface area contributed by atoms with E-state index < -0.39 is 5.97 Å². The van der Waals surface area contributed by atoms with Gasteiger partial charge in [-0.3, -0.25) is 4.57 Å². The number of benzene rings is 1. The third-order valence-corrected chi connectivity index (χ3v) is 3.55. The van der Waals surface area contributed by atoms with Crippen LogP contribution in [0.2, 0.25) is 5.15 Å². The number of nitrogens with zero attached hydrogens (tertiary/aromatic N) is 3. The number of nitrogen functional groups attached to an aromatic ring is 1. The Morgan fingerprint density at radius 3 is 2.91 bits per heavy atom. The van der Waals surface area contributed by atoms with Crippen molar-refractivity contribution in [1.29, 1.82) is 0 Å². The first-order chi connectivity index (χ1) is 10.6. The summed E-state index contributed by atoms with van der Waals surface area (Å²) < 4.78 is 6.81. The fourth-order valence-corrected chi connectivity index (χ4v) is 2.41. The van der Waals surface area contributed by atoms with Crippen molar-refractivity contribution < 1.29 is 9.53 Å². The molecule has 0 atom stereocenters. The predicted molar refractivity (Wildman–Crippen MR) is 84.2 cm³/mol. The van der Waals surface area contributed by atoms with E-state index in [2.05, 4.69) is 9.97 Å². The van der Waals surface area contributed by atoms with Gasteiger partial charge in [-0.1, -0.05) is 29.8 Å². The van der Waals surface area contributed by atoms with Crippen LogP contribution >= 0.6 is 11.6 Å². The summed E-state index contributed by atoms with van der Waals surface area (Å²) in [5.41, 5.74) is 7.44. The Morgan fingerprint density at radius 2 is 2.14 bits per heavy atom. The molecule has 0 fully saturated rings. The van der Waals surface area contributed by atoms with Crippen LogP contribution in [0.25, 0.3) is 16.7 Å². The van der Waals surface area contributed by atoms with Crippen LogP contribution in [-0.2, 0) is 4.74 Å². The second-order valence-corrected chi connectivity index (χ2v) is 4.91. The molecule has 1 aromatic carbocycles. The van der Waals surface area contributed by atoms with E-state index in [9.17, 15) is 4.79 Å². The van der Waals surface area contributed by atoms with Crippen LogP contribution in [0.15, 0.2) is 36.8 Å². The van der Waals surface area contributed by atoms with Gasteiger partial charge in [-0.15, -0.1) is 0 Å². The fourth-order valence-electron chi connectivity index (χ4n) is 2.28. The largest absolute Gasteiger partial charge is 0.462 e. The highest BCUT2D eigenvalue weighted by Gasteiger charge is 2.18. The van der Waals surface area contributed by atoms with Crippen LogP contribution in [0, 0.1) is 0 Å². The maximum absolute atomic E-state index is 12.1. The van der Waals surface area contributed by atoms with Gasteiger partial charge in [-0.25, -0.2) is 14.8 Å². The number of fused-ring (bicyclic) bond motifs is 1. The summed E-state index contributed by atoms with van der Waals surface area (Å²) in [6.45, 7) is 2.07. The number of aromatic nitrogens is 3. The molecule has 0 bridgehead atoms. The average molecular weight is 317 g/mol. The van der Waals surface area contributed by atoms with Gasteiger partial charge in [0, 0.05) is 11.6 Å². The number of carbonyl (C=O) groups excluding carboxylic acids is 1. The lowest BCUT2D eigenvalue weighted by atomic mass is 10.2. The Balaban J connectivity index is 2.27. The van der Waals surface area contributed by atoms with Gasteiger partial charge in [0.25, 0.3) is 0 Å². The molecule has 6 nitrogen and oxygen atoms in total. The lowest BCUT2D eigenvalue weighted by Crippen LogP contribution is -2.05. The Bertz CT molecular complexity index is 860. The summed E-state index contributed by atoms with van der Waals surface area (Å²) in [6, 6.07) is 7.43. The molecule has 0 radical (unpaired) electrons. The van der Waals surface area contributed by atoms with Crippen molar-refractivity contribution in [3.05, 3.63) is 47.5 Å². The smallest absolute Gasteiger partial charge is 0.340 e. The molecule has 7 heteroatoms. The number of hydrogen-bond acceptors (Lipinski definition) is 5. The molecule has 112 valence electrons. The minimum absolute atomic E-state index is 0.167. The number of rotatable bonds is 3. The van der Waals surface area contributed by atoms with Crippen molar-refractivity contribution >= 4 is 34.2 Å². The quantitative estimate of drug-likeness (QED) is 0.593. The zero-order chi connectivity index (χ0) is 15.7. The number of para-hydroxylation sites is 1. The van der Waals surface area contributed by atoms with Gasteiger partial charge in [-0.2, -0.15) is 0 Å². The minimum atomic E-state index is -0.392. The topological polar surface area (TPSA) is 83.0 Å². The Hall–Kier alpha value is -2.60. The molecule has 0 aliphatic heterocycles. The van der Waals surface area contributed by atoms with E-state index >= 15 is 0 Å². The van der Waals surface area contributed by atoms with Crippen molar-refractivity contribution in [2.24, 2.45) is 0 Å². The monoisotopic (exact) mass is 316 g/mol. The second-order valence-electron chi connectivity index (χ2n) is 4.55. The molecule has 0 spiro atoms. The third kappa shape index (κ3) is 2.27. The van der Waals surface area contributed by atoms with Gasteiger partial charge in [0.05, 0.1) is 17.7 Å². The molecule has 2 N–H and O–H groups in total. The van der Waals surface area contributed by atoms with Crippen molar-refractivity contribution in [2.75, 3.05) is 12.3 Å². The summed E-state index contributed by atoms with van der Waals surface area (Å²) in [4.78, 5) is 20.1. The number of hydrogen-bond donors (Lipinski definition) is 1. The Labute approximate surface area is 131 Å². The van der Waals surface area contributed by atoms with Gasteiger partial charge in [-0.05, 0) is 13.0 Å². The van der Waals surface area contributed by atoms with Crippen LogP contribution < -0.4 is 5.73 Å². The van der Waals surface area contributed by atoms with Crippen LogP contribution in [-0.4, -0.2) is 27.1 Å². The third-order valence-electron chi connectivity index (χ3n) is 3.25. The molecule has 22 heavy (non-hydrogen) atoms. The van der Waals surface area contributed by atoms with Crippen molar-refractivity contribution in [3.8, 4) is 5.82 Å². The van der Waals surface area contributed by atoms with E-state index in [1.165, 1.54) is 6.33 Å². The molecular formula is C15H13ClN4O2. The molecule has 0 saturated carbocycles. The molecule has 3 rings (SSSR count). The molecular weight excluding hydrogens is 304 g/mol. The number of ether oxygens (including phenoxy) is 1. The number of esters is 1. The molecule has 2 aromatic heterocycles. The summed E-state index contributed by atoms with van der Waals surface area (Å²) in [7, 11) is 0. The number of anilines is 1. The minimum Gasteiger partial charge on any atom is -0.462 e. The number of carbonyl (C=O) groups is 1. The van der Waals surface area contributed by atoms with Crippen LogP contribution in [0.4, 0.5) is 5.69 Å². The molecule has 0 aliphatic rings. The van der Waals surface area contributed by atoms with Crippen molar-refractivity contribution in [2.45, 2.75) is 6.92 Å². The van der Waals surface area contributed by atoms with Crippen LogP contribution in [0.1, 0.15) is 17.3 Å². The molecule has 0 saturated heterocycles. The van der Waals surface area contributed by atoms with Gasteiger partial charge >= 0.3 is 5.97 Å². The highest BCUT2D eigenvalue weighted by molar-refractivity contribution is 6.32. The van der Waals surface area contributed by atoms with E-state index in [4.69, 9.17) is 22.1 Å². The first-order valence-corrected chi connectivity index (χ1v) is 7.04. The number of halogens is 1. The standard InChI is InChI=1S/C15H13ClN4O2/c1-2-22-15(21)10-7-20(11-6-4-3-5-9(10)11)14-12(17)13(16)18-8-19-14/h3-8H,2,17H2,1H3. The van der Waals surface area contributed by atoms with Gasteiger partial charge < -0.3 is 10.5 Å².